The molecule has 3 heteroatoms. The van der Waals surface area contributed by atoms with Crippen LogP contribution in [0.3, 0.4) is 0 Å². The van der Waals surface area contributed by atoms with Crippen LogP contribution in [-0.2, 0) is 9.53 Å². The first-order chi connectivity index (χ1) is 4.81. The molecule has 1 N–H and O–H groups in total. The van der Waals surface area contributed by atoms with Gasteiger partial charge in [-0.3, -0.25) is 4.79 Å². The van der Waals surface area contributed by atoms with Crippen LogP contribution in [0, 0.1) is 0 Å². The first-order valence-corrected chi connectivity index (χ1v) is 3.50. The molecule has 0 aromatic rings. The fourth-order valence-corrected chi connectivity index (χ4v) is 0.320. The van der Waals surface area contributed by atoms with E-state index in [1.165, 1.54) is 0 Å². The van der Waals surface area contributed by atoms with Crippen LogP contribution in [0.15, 0.2) is 0 Å². The Morgan fingerprint density at radius 1 is 1.50 bits per heavy atom. The first kappa shape index (κ1) is 12.1. The van der Waals surface area contributed by atoms with Gasteiger partial charge in [0.15, 0.2) is 0 Å². The van der Waals surface area contributed by atoms with E-state index < -0.39 is 0 Å². The van der Waals surface area contributed by atoms with Crippen molar-refractivity contribution in [2.75, 3.05) is 20.8 Å². The van der Waals surface area contributed by atoms with E-state index in [1.54, 1.807) is 14.2 Å². The highest BCUT2D eigenvalue weighted by molar-refractivity contribution is 5.75. The van der Waals surface area contributed by atoms with Crippen LogP contribution in [0.2, 0.25) is 0 Å². The summed E-state index contributed by atoms with van der Waals surface area (Å²) < 4.78 is 4.65. The van der Waals surface area contributed by atoms with E-state index in [2.05, 4.69) is 10.1 Å². The summed E-state index contributed by atoms with van der Waals surface area (Å²) in [6.07, 6.45) is 0.451. The molecule has 0 radical (unpaired) electrons. The number of nitrogens with one attached hydrogen (secondary N) is 1. The van der Waals surface area contributed by atoms with Crippen molar-refractivity contribution in [2.45, 2.75) is 20.3 Å². The second kappa shape index (κ2) is 11.3. The van der Waals surface area contributed by atoms with E-state index >= 15 is 0 Å². The number of hydrogen-bond donors (Lipinski definition) is 1. The molecule has 0 saturated heterocycles. The van der Waals surface area contributed by atoms with Crippen LogP contribution >= 0.6 is 0 Å². The average molecular weight is 147 g/mol. The monoisotopic (exact) mass is 147 g/mol. The molecule has 0 aliphatic rings. The smallest absolute Gasteiger partial charge is 0.222 e. The van der Waals surface area contributed by atoms with Crippen molar-refractivity contribution in [3.63, 3.8) is 0 Å². The van der Waals surface area contributed by atoms with E-state index in [9.17, 15) is 4.79 Å². The van der Waals surface area contributed by atoms with Crippen LogP contribution in [-0.4, -0.2) is 26.7 Å². The van der Waals surface area contributed by atoms with E-state index in [1.807, 2.05) is 13.8 Å². The topological polar surface area (TPSA) is 38.3 Å². The van der Waals surface area contributed by atoms with Crippen molar-refractivity contribution in [3.8, 4) is 0 Å². The summed E-state index contributed by atoms with van der Waals surface area (Å²) in [7, 11) is 3.18. The number of ether oxygens (including phenoxy) is 1. The van der Waals surface area contributed by atoms with Crippen LogP contribution in [0.1, 0.15) is 20.3 Å². The van der Waals surface area contributed by atoms with Gasteiger partial charge in [-0.05, 0) is 0 Å². The molecule has 0 spiro atoms. The van der Waals surface area contributed by atoms with Crippen molar-refractivity contribution in [3.05, 3.63) is 0 Å². The van der Waals surface area contributed by atoms with E-state index in [-0.39, 0.29) is 5.91 Å². The Kier molecular flexibility index (Phi) is 13.7. The molecular formula is C7H17NO2. The normalized spacial score (nSPS) is 7.60. The Hall–Kier alpha value is -0.570. The third kappa shape index (κ3) is 10.4. The van der Waals surface area contributed by atoms with Crippen LogP contribution in [0.5, 0.6) is 0 Å². The standard InChI is InChI=1S/C5H11NO2.C2H6/c1-6-5(7)3-4-8-2;1-2/h3-4H2,1-2H3,(H,6,7);1-2H3. The lowest BCUT2D eigenvalue weighted by Crippen LogP contribution is -2.18. The summed E-state index contributed by atoms with van der Waals surface area (Å²) in [4.78, 5) is 10.4. The third-order valence-corrected chi connectivity index (χ3v) is 0.812. The number of methoxy groups -OCH3 is 1. The molecule has 0 aromatic carbocycles. The number of rotatable bonds is 3. The average Bonchev–Trinajstić information content (AvgIpc) is 2.04. The van der Waals surface area contributed by atoms with Gasteiger partial charge in [0.25, 0.3) is 0 Å². The zero-order valence-electron chi connectivity index (χ0n) is 7.23. The fraction of sp³-hybridized carbons (Fsp3) is 0.857. The zero-order valence-corrected chi connectivity index (χ0v) is 7.23. The van der Waals surface area contributed by atoms with Crippen LogP contribution < -0.4 is 5.32 Å². The van der Waals surface area contributed by atoms with E-state index in [0.29, 0.717) is 13.0 Å². The highest BCUT2D eigenvalue weighted by atomic mass is 16.5. The summed E-state index contributed by atoms with van der Waals surface area (Å²) in [6.45, 7) is 4.50. The molecule has 1 amide bonds. The predicted molar refractivity (Wildman–Crippen MR) is 41.9 cm³/mol. The lowest BCUT2D eigenvalue weighted by atomic mass is 10.4. The van der Waals surface area contributed by atoms with Crippen molar-refractivity contribution in [2.24, 2.45) is 0 Å². The van der Waals surface area contributed by atoms with E-state index in [4.69, 9.17) is 0 Å². The van der Waals surface area contributed by atoms with Gasteiger partial charge in [-0.1, -0.05) is 13.8 Å². The Bertz CT molecular complexity index is 74.0. The highest BCUT2D eigenvalue weighted by Crippen LogP contribution is 1.76. The molecule has 0 aliphatic carbocycles. The maximum Gasteiger partial charge on any atom is 0.222 e. The maximum atomic E-state index is 10.4. The van der Waals surface area contributed by atoms with Gasteiger partial charge in [-0.25, -0.2) is 0 Å². The summed E-state index contributed by atoms with van der Waals surface area (Å²) in [6, 6.07) is 0. The summed E-state index contributed by atoms with van der Waals surface area (Å²) in [5.74, 6) is 0.0202. The molecule has 0 aromatic heterocycles. The SMILES string of the molecule is CC.CNC(=O)CCOC. The molecule has 0 bridgehead atoms. The zero-order chi connectivity index (χ0) is 8.41. The van der Waals surface area contributed by atoms with Crippen molar-refractivity contribution in [1.29, 1.82) is 0 Å². The number of amides is 1. The number of hydrogen-bond acceptors (Lipinski definition) is 2. The number of carbonyl (C=O) groups excluding carboxylic acids is 1. The lowest BCUT2D eigenvalue weighted by molar-refractivity contribution is -0.121. The Labute approximate surface area is 62.8 Å². The molecule has 62 valence electrons. The van der Waals surface area contributed by atoms with Crippen LogP contribution in [0.4, 0.5) is 0 Å². The summed E-state index contributed by atoms with van der Waals surface area (Å²) in [5, 5.41) is 2.48. The molecule has 0 unspecified atom stereocenters. The van der Waals surface area contributed by atoms with Gasteiger partial charge in [0, 0.05) is 20.6 Å². The van der Waals surface area contributed by atoms with Crippen molar-refractivity contribution in [1.82, 2.24) is 5.32 Å². The Balaban J connectivity index is 0. The van der Waals surface area contributed by atoms with Crippen LogP contribution in [0.25, 0.3) is 0 Å². The minimum Gasteiger partial charge on any atom is -0.384 e. The third-order valence-electron chi connectivity index (χ3n) is 0.812. The molecular weight excluding hydrogens is 130 g/mol. The predicted octanol–water partition coefficient (Wildman–Crippen LogP) is 0.795. The first-order valence-electron chi connectivity index (χ1n) is 3.50. The van der Waals surface area contributed by atoms with Gasteiger partial charge in [0.05, 0.1) is 6.61 Å². The highest BCUT2D eigenvalue weighted by Gasteiger charge is 1.93. The van der Waals surface area contributed by atoms with Gasteiger partial charge in [-0.2, -0.15) is 0 Å². The molecule has 0 fully saturated rings. The molecule has 0 atom stereocenters. The molecule has 3 nitrogen and oxygen atoms in total. The summed E-state index contributed by atoms with van der Waals surface area (Å²) in [5.41, 5.74) is 0. The molecule has 0 heterocycles. The Morgan fingerprint density at radius 2 is 2.00 bits per heavy atom. The van der Waals surface area contributed by atoms with Gasteiger partial charge in [0.2, 0.25) is 5.91 Å². The molecule has 0 saturated carbocycles. The van der Waals surface area contributed by atoms with Gasteiger partial charge >= 0.3 is 0 Å². The summed E-state index contributed by atoms with van der Waals surface area (Å²) >= 11 is 0. The second-order valence-electron chi connectivity index (χ2n) is 1.42. The van der Waals surface area contributed by atoms with Crippen molar-refractivity contribution < 1.29 is 9.53 Å². The second-order valence-corrected chi connectivity index (χ2v) is 1.42. The van der Waals surface area contributed by atoms with Gasteiger partial charge in [-0.15, -0.1) is 0 Å². The lowest BCUT2D eigenvalue weighted by Gasteiger charge is -1.95. The largest absolute Gasteiger partial charge is 0.384 e. The van der Waals surface area contributed by atoms with E-state index in [0.717, 1.165) is 0 Å². The number of carbonyl (C=O) groups is 1. The van der Waals surface area contributed by atoms with Gasteiger partial charge in [0.1, 0.15) is 0 Å². The quantitative estimate of drug-likeness (QED) is 0.641. The molecule has 10 heavy (non-hydrogen) atoms. The van der Waals surface area contributed by atoms with Crippen molar-refractivity contribution >= 4 is 5.91 Å². The molecule has 0 rings (SSSR count). The maximum absolute atomic E-state index is 10.4. The van der Waals surface area contributed by atoms with Gasteiger partial charge < -0.3 is 10.1 Å². The molecule has 0 aliphatic heterocycles. The fourth-order valence-electron chi connectivity index (χ4n) is 0.320. The minimum absolute atomic E-state index is 0.0202. The minimum atomic E-state index is 0.0202. The Morgan fingerprint density at radius 3 is 2.30 bits per heavy atom.